The van der Waals surface area contributed by atoms with Crippen molar-refractivity contribution in [1.82, 2.24) is 5.32 Å². The summed E-state index contributed by atoms with van der Waals surface area (Å²) in [6.45, 7) is 4.08. The molecule has 2 aromatic rings. The first-order chi connectivity index (χ1) is 17.7. The van der Waals surface area contributed by atoms with E-state index < -0.39 is 23.7 Å². The number of rotatable bonds is 9. The van der Waals surface area contributed by atoms with E-state index in [2.05, 4.69) is 16.7 Å². The van der Waals surface area contributed by atoms with Gasteiger partial charge in [0.05, 0.1) is 46.2 Å². The van der Waals surface area contributed by atoms with Crippen molar-refractivity contribution in [2.45, 2.75) is 26.2 Å². The maximum absolute atomic E-state index is 13.0. The minimum absolute atomic E-state index is 0.0815. The predicted molar refractivity (Wildman–Crippen MR) is 144 cm³/mol. The van der Waals surface area contributed by atoms with Gasteiger partial charge in [0.25, 0.3) is 0 Å². The van der Waals surface area contributed by atoms with Crippen molar-refractivity contribution in [3.8, 4) is 11.8 Å². The molecule has 0 saturated carbocycles. The minimum Gasteiger partial charge on any atom is -0.491 e. The van der Waals surface area contributed by atoms with Gasteiger partial charge in [-0.15, -0.1) is 0 Å². The summed E-state index contributed by atoms with van der Waals surface area (Å²) in [5.41, 5.74) is 2.12. The van der Waals surface area contributed by atoms with Crippen LogP contribution in [0.1, 0.15) is 30.9 Å². The number of thioether (sulfide) groups is 1. The molecule has 0 aliphatic carbocycles. The molecule has 0 unspecified atom stereocenters. The Kier molecular flexibility index (Phi) is 9.86. The number of nitriles is 1. The Hall–Kier alpha value is -3.19. The summed E-state index contributed by atoms with van der Waals surface area (Å²) in [7, 11) is 1.16. The van der Waals surface area contributed by atoms with Crippen molar-refractivity contribution in [3.63, 3.8) is 0 Å². The lowest BCUT2D eigenvalue weighted by atomic mass is 9.78. The maximum Gasteiger partial charge on any atom is 0.319 e. The van der Waals surface area contributed by atoms with Crippen LogP contribution < -0.4 is 15.4 Å². The number of nitrogens with one attached hydrogen (secondary N) is 2. The molecular weight excluding hydrogens is 537 g/mol. The number of carbonyl (C=O) groups is 3. The molecule has 0 spiro atoms. The first kappa shape index (κ1) is 28.4. The standard InChI is InChI=1S/C26H25Cl2N3O5S/c1-4-14-8-6-7-9-19(14)30-20(32)13-37-25-16(12-29)21(22(24(33)31-25)26(34)35-3)15-10-17(27)23(36-5-2)18(28)11-15/h6-11,21-22H,4-5,13H2,1-3H3,(H,30,32)(H,31,33)/t21-,22-/m1/s1. The molecule has 2 atom stereocenters. The number of aryl methyl sites for hydroxylation is 1. The Morgan fingerprint density at radius 1 is 1.19 bits per heavy atom. The van der Waals surface area contributed by atoms with Gasteiger partial charge in [-0.1, -0.05) is 60.1 Å². The van der Waals surface area contributed by atoms with Crippen LogP contribution in [0, 0.1) is 17.2 Å². The SMILES string of the molecule is CCOc1c(Cl)cc([C@@H]2C(C#N)=C(SCC(=O)Nc3ccccc3CC)NC(=O)[C@@H]2C(=O)OC)cc1Cl. The quantitative estimate of drug-likeness (QED) is 0.324. The third-order valence-electron chi connectivity index (χ3n) is 5.67. The molecule has 2 amide bonds. The highest BCUT2D eigenvalue weighted by molar-refractivity contribution is 8.03. The molecule has 1 aliphatic heterocycles. The monoisotopic (exact) mass is 561 g/mol. The molecule has 2 aromatic carbocycles. The van der Waals surface area contributed by atoms with Crippen molar-refractivity contribution in [2.24, 2.45) is 5.92 Å². The zero-order valence-corrected chi connectivity index (χ0v) is 22.7. The van der Waals surface area contributed by atoms with E-state index in [1.165, 1.54) is 12.1 Å². The van der Waals surface area contributed by atoms with Crippen LogP contribution in [0.4, 0.5) is 5.69 Å². The van der Waals surface area contributed by atoms with E-state index in [-0.39, 0.29) is 38.1 Å². The van der Waals surface area contributed by atoms with Crippen molar-refractivity contribution in [1.29, 1.82) is 5.26 Å². The summed E-state index contributed by atoms with van der Waals surface area (Å²) < 4.78 is 10.3. The molecule has 0 radical (unpaired) electrons. The van der Waals surface area contributed by atoms with E-state index in [0.29, 0.717) is 17.9 Å². The Morgan fingerprint density at radius 2 is 1.86 bits per heavy atom. The number of esters is 1. The highest BCUT2D eigenvalue weighted by atomic mass is 35.5. The van der Waals surface area contributed by atoms with Gasteiger partial charge >= 0.3 is 5.97 Å². The van der Waals surface area contributed by atoms with Crippen molar-refractivity contribution < 1.29 is 23.9 Å². The van der Waals surface area contributed by atoms with Crippen molar-refractivity contribution in [2.75, 3.05) is 24.8 Å². The molecule has 0 aromatic heterocycles. The van der Waals surface area contributed by atoms with Gasteiger partial charge in [-0.05, 0) is 42.7 Å². The zero-order valence-electron chi connectivity index (χ0n) is 20.4. The maximum atomic E-state index is 13.0. The van der Waals surface area contributed by atoms with Gasteiger partial charge in [0, 0.05) is 11.6 Å². The summed E-state index contributed by atoms with van der Waals surface area (Å²) in [4.78, 5) is 38.4. The number of methoxy groups -OCH3 is 1. The molecule has 3 rings (SSSR count). The number of hydrogen-bond acceptors (Lipinski definition) is 7. The number of para-hydroxylation sites is 1. The Balaban J connectivity index is 1.97. The van der Waals surface area contributed by atoms with Gasteiger partial charge in [0.15, 0.2) is 5.75 Å². The fraction of sp³-hybridized carbons (Fsp3) is 0.308. The van der Waals surface area contributed by atoms with Crippen LogP contribution in [-0.4, -0.2) is 37.3 Å². The third-order valence-corrected chi connectivity index (χ3v) is 7.25. The molecule has 37 heavy (non-hydrogen) atoms. The van der Waals surface area contributed by atoms with E-state index >= 15 is 0 Å². The number of nitrogens with zero attached hydrogens (tertiary/aromatic N) is 1. The summed E-state index contributed by atoms with van der Waals surface area (Å²) in [6, 6.07) is 12.5. The van der Waals surface area contributed by atoms with Gasteiger partial charge in [-0.2, -0.15) is 5.26 Å². The second-order valence-corrected chi connectivity index (χ2v) is 9.72. The summed E-state index contributed by atoms with van der Waals surface area (Å²) in [6.07, 6.45) is 0.743. The highest BCUT2D eigenvalue weighted by Crippen LogP contribution is 2.44. The van der Waals surface area contributed by atoms with Crippen LogP contribution in [0.3, 0.4) is 0 Å². The average molecular weight is 562 g/mol. The molecule has 194 valence electrons. The number of amides is 2. The number of hydrogen-bond donors (Lipinski definition) is 2. The Labute approximate surface area is 229 Å². The average Bonchev–Trinajstić information content (AvgIpc) is 2.88. The van der Waals surface area contributed by atoms with E-state index in [1.54, 1.807) is 13.0 Å². The first-order valence-corrected chi connectivity index (χ1v) is 13.1. The summed E-state index contributed by atoms with van der Waals surface area (Å²) in [5, 5.41) is 16.0. The summed E-state index contributed by atoms with van der Waals surface area (Å²) >= 11 is 13.7. The fourth-order valence-electron chi connectivity index (χ4n) is 4.00. The van der Waals surface area contributed by atoms with Crippen molar-refractivity contribution >= 4 is 58.4 Å². The van der Waals surface area contributed by atoms with E-state index in [0.717, 1.165) is 30.9 Å². The smallest absolute Gasteiger partial charge is 0.319 e. The normalized spacial score (nSPS) is 17.0. The number of carbonyl (C=O) groups excluding carboxylic acids is 3. The lowest BCUT2D eigenvalue weighted by Gasteiger charge is -2.31. The topological polar surface area (TPSA) is 118 Å². The lowest BCUT2D eigenvalue weighted by molar-refractivity contribution is -0.150. The van der Waals surface area contributed by atoms with Gasteiger partial charge in [0.1, 0.15) is 5.92 Å². The van der Waals surface area contributed by atoms with Crippen LogP contribution >= 0.6 is 35.0 Å². The van der Waals surface area contributed by atoms with Gasteiger partial charge < -0.3 is 20.1 Å². The number of allylic oxidation sites excluding steroid dienone is 1. The second-order valence-electron chi connectivity index (χ2n) is 7.92. The minimum atomic E-state index is -1.36. The Bertz CT molecular complexity index is 1270. The van der Waals surface area contributed by atoms with Gasteiger partial charge in [-0.25, -0.2) is 0 Å². The molecule has 0 fully saturated rings. The first-order valence-electron chi connectivity index (χ1n) is 11.4. The van der Waals surface area contributed by atoms with E-state index in [1.807, 2.05) is 25.1 Å². The summed E-state index contributed by atoms with van der Waals surface area (Å²) in [5.74, 6) is -4.04. The van der Waals surface area contributed by atoms with Crippen molar-refractivity contribution in [3.05, 3.63) is 68.2 Å². The second kappa shape index (κ2) is 12.9. The predicted octanol–water partition coefficient (Wildman–Crippen LogP) is 5.06. The zero-order chi connectivity index (χ0) is 27.1. The molecule has 1 aliphatic rings. The number of ether oxygens (including phenoxy) is 2. The van der Waals surface area contributed by atoms with E-state index in [4.69, 9.17) is 32.7 Å². The van der Waals surface area contributed by atoms with Crippen LogP contribution in [0.25, 0.3) is 0 Å². The molecular formula is C26H25Cl2N3O5S. The molecule has 8 nitrogen and oxygen atoms in total. The lowest BCUT2D eigenvalue weighted by Crippen LogP contribution is -2.44. The molecule has 2 N–H and O–H groups in total. The molecule has 0 bridgehead atoms. The number of halogens is 2. The largest absolute Gasteiger partial charge is 0.491 e. The molecule has 11 heteroatoms. The van der Waals surface area contributed by atoms with Gasteiger partial charge in [0.2, 0.25) is 11.8 Å². The molecule has 1 heterocycles. The molecule has 0 saturated heterocycles. The number of benzene rings is 2. The van der Waals surface area contributed by atoms with Crippen LogP contribution in [0.5, 0.6) is 5.75 Å². The fourth-order valence-corrected chi connectivity index (χ4v) is 5.46. The third kappa shape index (κ3) is 6.39. The Morgan fingerprint density at radius 3 is 2.46 bits per heavy atom. The van der Waals surface area contributed by atoms with Crippen LogP contribution in [0.2, 0.25) is 10.0 Å². The van der Waals surface area contributed by atoms with E-state index in [9.17, 15) is 19.6 Å². The van der Waals surface area contributed by atoms with Gasteiger partial charge in [-0.3, -0.25) is 14.4 Å². The van der Waals surface area contributed by atoms with Crippen LogP contribution in [-0.2, 0) is 25.5 Å². The number of anilines is 1. The highest BCUT2D eigenvalue weighted by Gasteiger charge is 2.44. The van der Waals surface area contributed by atoms with Crippen LogP contribution in [0.15, 0.2) is 47.0 Å².